The molecule has 1 aromatic rings. The second-order valence-electron chi connectivity index (χ2n) is 7.09. The number of aromatic nitrogens is 1. The first kappa shape index (κ1) is 23.9. The van der Waals surface area contributed by atoms with Gasteiger partial charge in [0.2, 0.25) is 0 Å². The molecule has 3 amide bonds. The van der Waals surface area contributed by atoms with E-state index in [4.69, 9.17) is 15.2 Å². The van der Waals surface area contributed by atoms with E-state index in [1.54, 1.807) is 21.0 Å². The van der Waals surface area contributed by atoms with E-state index in [-0.39, 0.29) is 11.6 Å². The molecule has 158 valence electrons. The molecule has 29 heavy (non-hydrogen) atoms. The Morgan fingerprint density at radius 3 is 2.41 bits per heavy atom. The Morgan fingerprint density at radius 1 is 1.31 bits per heavy atom. The van der Waals surface area contributed by atoms with Gasteiger partial charge in [-0.05, 0) is 44.4 Å². The fourth-order valence-electron chi connectivity index (χ4n) is 3.10. The maximum Gasteiger partial charge on any atom is 0.349 e. The van der Waals surface area contributed by atoms with Crippen LogP contribution in [0.15, 0.2) is 11.6 Å². The lowest BCUT2D eigenvalue weighted by molar-refractivity contribution is -0.154. The van der Waals surface area contributed by atoms with Crippen molar-refractivity contribution in [2.45, 2.75) is 46.8 Å². The van der Waals surface area contributed by atoms with Gasteiger partial charge in [-0.3, -0.25) is 10.1 Å². The standard InChI is InChI=1S/C20H28N4O5/c1-11(2)17(18(25)23-20(22)27)29-19(26)16(9-21)8-15-7-12(3)24(14(15)5)13(4)10-28-6/h7-8,11,13,17H,10H2,1-6H3,(H3,22,23,25,27)/b16-8+/t13-,17-/m1/s1. The van der Waals surface area contributed by atoms with E-state index in [1.807, 2.05) is 42.8 Å². The van der Waals surface area contributed by atoms with E-state index < -0.39 is 29.9 Å². The van der Waals surface area contributed by atoms with E-state index in [1.165, 1.54) is 6.08 Å². The van der Waals surface area contributed by atoms with Gasteiger partial charge < -0.3 is 19.8 Å². The third kappa shape index (κ3) is 6.19. The molecular formula is C20H28N4O5. The van der Waals surface area contributed by atoms with Crippen LogP contribution in [0.25, 0.3) is 6.08 Å². The Bertz CT molecular complexity index is 848. The van der Waals surface area contributed by atoms with Crippen molar-refractivity contribution < 1.29 is 23.9 Å². The molecule has 0 aliphatic rings. The number of esters is 1. The molecule has 0 aliphatic carbocycles. The van der Waals surface area contributed by atoms with Gasteiger partial charge in [-0.2, -0.15) is 5.26 Å². The molecule has 2 atom stereocenters. The van der Waals surface area contributed by atoms with Crippen LogP contribution in [-0.4, -0.2) is 42.3 Å². The number of primary amides is 1. The maximum absolute atomic E-state index is 12.5. The number of hydrogen-bond acceptors (Lipinski definition) is 6. The maximum atomic E-state index is 12.5. The zero-order valence-corrected chi connectivity index (χ0v) is 17.6. The molecule has 0 unspecified atom stereocenters. The smallest absolute Gasteiger partial charge is 0.349 e. The zero-order chi connectivity index (χ0) is 22.3. The van der Waals surface area contributed by atoms with Crippen LogP contribution in [-0.2, 0) is 19.1 Å². The number of ether oxygens (including phenoxy) is 2. The summed E-state index contributed by atoms with van der Waals surface area (Å²) in [7, 11) is 1.62. The number of rotatable bonds is 8. The summed E-state index contributed by atoms with van der Waals surface area (Å²) in [6, 6.07) is 2.69. The first-order valence-electron chi connectivity index (χ1n) is 9.13. The third-order valence-electron chi connectivity index (χ3n) is 4.36. The summed E-state index contributed by atoms with van der Waals surface area (Å²) < 4.78 is 12.4. The van der Waals surface area contributed by atoms with Crippen molar-refractivity contribution in [3.05, 3.63) is 28.6 Å². The van der Waals surface area contributed by atoms with Crippen LogP contribution in [0.1, 0.15) is 43.8 Å². The van der Waals surface area contributed by atoms with Crippen LogP contribution < -0.4 is 11.1 Å². The summed E-state index contributed by atoms with van der Waals surface area (Å²) in [5.41, 5.74) is 7.17. The average Bonchev–Trinajstić information content (AvgIpc) is 2.89. The predicted molar refractivity (Wildman–Crippen MR) is 107 cm³/mol. The van der Waals surface area contributed by atoms with Gasteiger partial charge in [-0.25, -0.2) is 9.59 Å². The van der Waals surface area contributed by atoms with Crippen LogP contribution in [0.3, 0.4) is 0 Å². The molecule has 1 heterocycles. The molecule has 9 nitrogen and oxygen atoms in total. The molecule has 0 radical (unpaired) electrons. The predicted octanol–water partition coefficient (Wildman–Crippen LogP) is 1.98. The van der Waals surface area contributed by atoms with Gasteiger partial charge in [0.15, 0.2) is 6.10 Å². The van der Waals surface area contributed by atoms with Crippen molar-refractivity contribution in [2.75, 3.05) is 13.7 Å². The largest absolute Gasteiger partial charge is 0.448 e. The molecule has 0 saturated carbocycles. The number of carbonyl (C=O) groups is 3. The fourth-order valence-corrected chi connectivity index (χ4v) is 3.10. The molecule has 0 bridgehead atoms. The number of amides is 3. The molecule has 0 aliphatic heterocycles. The Balaban J connectivity index is 3.16. The molecule has 0 fully saturated rings. The van der Waals surface area contributed by atoms with E-state index >= 15 is 0 Å². The minimum Gasteiger partial charge on any atom is -0.448 e. The lowest BCUT2D eigenvalue weighted by Crippen LogP contribution is -2.45. The first-order valence-corrected chi connectivity index (χ1v) is 9.13. The van der Waals surface area contributed by atoms with E-state index in [0.717, 1.165) is 11.4 Å². The van der Waals surface area contributed by atoms with Crippen LogP contribution in [0.4, 0.5) is 4.79 Å². The van der Waals surface area contributed by atoms with Gasteiger partial charge >= 0.3 is 12.0 Å². The SMILES string of the molecule is COC[C@@H](C)n1c(C)cc(/C=C(\C#N)C(=O)O[C@@H](C(=O)NC(N)=O)C(C)C)c1C. The first-order chi connectivity index (χ1) is 13.5. The highest BCUT2D eigenvalue weighted by molar-refractivity contribution is 6.01. The highest BCUT2D eigenvalue weighted by atomic mass is 16.5. The van der Waals surface area contributed by atoms with Crippen molar-refractivity contribution >= 4 is 24.0 Å². The highest BCUT2D eigenvalue weighted by Crippen LogP contribution is 2.23. The number of hydrogen-bond donors (Lipinski definition) is 2. The van der Waals surface area contributed by atoms with Crippen LogP contribution in [0.5, 0.6) is 0 Å². The summed E-state index contributed by atoms with van der Waals surface area (Å²) in [6.45, 7) is 9.59. The monoisotopic (exact) mass is 404 g/mol. The molecule has 3 N–H and O–H groups in total. The Labute approximate surface area is 170 Å². The van der Waals surface area contributed by atoms with Crippen LogP contribution in [0.2, 0.25) is 0 Å². The van der Waals surface area contributed by atoms with Gasteiger partial charge in [0, 0.05) is 18.5 Å². The minimum absolute atomic E-state index is 0.0717. The lowest BCUT2D eigenvalue weighted by Gasteiger charge is -2.19. The minimum atomic E-state index is -1.26. The van der Waals surface area contributed by atoms with Crippen LogP contribution in [0, 0.1) is 31.1 Å². The number of nitrogens with one attached hydrogen (secondary N) is 1. The summed E-state index contributed by atoms with van der Waals surface area (Å²) >= 11 is 0. The Kier molecular flexibility index (Phi) is 8.60. The molecule has 9 heteroatoms. The number of imide groups is 1. The van der Waals surface area contributed by atoms with Gasteiger partial charge in [-0.15, -0.1) is 0 Å². The van der Waals surface area contributed by atoms with Gasteiger partial charge in [-0.1, -0.05) is 13.8 Å². The number of aryl methyl sites for hydroxylation is 1. The second kappa shape index (κ2) is 10.4. The number of methoxy groups -OCH3 is 1. The zero-order valence-electron chi connectivity index (χ0n) is 17.6. The van der Waals surface area contributed by atoms with E-state index in [0.29, 0.717) is 12.2 Å². The number of urea groups is 1. The molecular weight excluding hydrogens is 376 g/mol. The number of nitrogens with zero attached hydrogens (tertiary/aromatic N) is 2. The highest BCUT2D eigenvalue weighted by Gasteiger charge is 2.29. The third-order valence-corrected chi connectivity index (χ3v) is 4.36. The van der Waals surface area contributed by atoms with Gasteiger partial charge in [0.05, 0.1) is 12.6 Å². The molecule has 1 rings (SSSR count). The quantitative estimate of drug-likeness (QED) is 0.386. The lowest BCUT2D eigenvalue weighted by atomic mass is 10.1. The van der Waals surface area contributed by atoms with Crippen molar-refractivity contribution in [1.82, 2.24) is 9.88 Å². The van der Waals surface area contributed by atoms with E-state index in [9.17, 15) is 19.6 Å². The summed E-state index contributed by atoms with van der Waals surface area (Å²) in [5.74, 6) is -2.23. The summed E-state index contributed by atoms with van der Waals surface area (Å²) in [4.78, 5) is 35.4. The fraction of sp³-hybridized carbons (Fsp3) is 0.500. The van der Waals surface area contributed by atoms with Gasteiger partial charge in [0.1, 0.15) is 11.6 Å². The summed E-state index contributed by atoms with van der Waals surface area (Å²) in [5, 5.41) is 11.3. The number of nitrogens with two attached hydrogens (primary N) is 1. The summed E-state index contributed by atoms with van der Waals surface area (Å²) in [6.07, 6.45) is 0.158. The molecule has 1 aromatic heterocycles. The Morgan fingerprint density at radius 2 is 1.93 bits per heavy atom. The van der Waals surface area contributed by atoms with Crippen molar-refractivity contribution in [2.24, 2.45) is 11.7 Å². The van der Waals surface area contributed by atoms with E-state index in [2.05, 4.69) is 0 Å². The normalized spacial score (nSPS) is 13.5. The van der Waals surface area contributed by atoms with Crippen LogP contribution >= 0.6 is 0 Å². The van der Waals surface area contributed by atoms with Crippen molar-refractivity contribution in [3.63, 3.8) is 0 Å². The average molecular weight is 404 g/mol. The van der Waals surface area contributed by atoms with Crippen molar-refractivity contribution in [1.29, 1.82) is 5.26 Å². The number of nitriles is 1. The van der Waals surface area contributed by atoms with Gasteiger partial charge in [0.25, 0.3) is 5.91 Å². The Hall–Kier alpha value is -3.12. The van der Waals surface area contributed by atoms with Crippen molar-refractivity contribution in [3.8, 4) is 6.07 Å². The second-order valence-corrected chi connectivity index (χ2v) is 7.09. The molecule has 0 spiro atoms. The topological polar surface area (TPSA) is 136 Å². The molecule has 0 aromatic carbocycles. The molecule has 0 saturated heterocycles. The number of carbonyl (C=O) groups excluding carboxylic acids is 3.